The molecule has 0 aromatic heterocycles. The van der Waals surface area contributed by atoms with Crippen molar-refractivity contribution in [3.8, 4) is 0 Å². The van der Waals surface area contributed by atoms with Crippen molar-refractivity contribution in [3.05, 3.63) is 59.1 Å². The number of carbonyl (C=O) groups is 1. The van der Waals surface area contributed by atoms with Gasteiger partial charge in [-0.1, -0.05) is 35.9 Å². The maximum Gasteiger partial charge on any atom is 0.247 e. The fourth-order valence-corrected chi connectivity index (χ4v) is 2.44. The van der Waals surface area contributed by atoms with E-state index < -0.39 is 0 Å². The van der Waals surface area contributed by atoms with Gasteiger partial charge in [0.15, 0.2) is 0 Å². The van der Waals surface area contributed by atoms with Gasteiger partial charge in [-0.15, -0.1) is 12.4 Å². The van der Waals surface area contributed by atoms with Gasteiger partial charge in [-0.3, -0.25) is 4.79 Å². The minimum absolute atomic E-state index is 0. The molecule has 0 saturated heterocycles. The molecule has 1 aliphatic rings. The molecule has 1 amide bonds. The zero-order valence-electron chi connectivity index (χ0n) is 10.6. The van der Waals surface area contributed by atoms with Crippen LogP contribution in [-0.2, 0) is 11.2 Å². The lowest BCUT2D eigenvalue weighted by Crippen LogP contribution is -2.32. The quantitative estimate of drug-likeness (QED) is 0.887. The first kappa shape index (κ1) is 14.7. The van der Waals surface area contributed by atoms with Crippen LogP contribution in [0, 0.1) is 0 Å². The number of amides is 1. The molecule has 0 fully saturated rings. The van der Waals surface area contributed by atoms with Crippen LogP contribution in [0.2, 0.25) is 5.02 Å². The number of rotatable bonds is 2. The number of fused-ring (bicyclic) bond motifs is 1. The van der Waals surface area contributed by atoms with E-state index in [1.165, 1.54) is 5.56 Å². The Labute approximate surface area is 128 Å². The third kappa shape index (κ3) is 3.06. The van der Waals surface area contributed by atoms with E-state index >= 15 is 0 Å². The number of benzene rings is 2. The van der Waals surface area contributed by atoms with E-state index in [-0.39, 0.29) is 24.4 Å². The van der Waals surface area contributed by atoms with E-state index in [0.29, 0.717) is 11.4 Å². The molecular formula is C15H14Cl2N2O. The lowest BCUT2D eigenvalue weighted by atomic mass is 10.1. The van der Waals surface area contributed by atoms with E-state index in [0.717, 1.165) is 11.4 Å². The van der Waals surface area contributed by atoms with Gasteiger partial charge in [0.25, 0.3) is 0 Å². The van der Waals surface area contributed by atoms with Gasteiger partial charge in [-0.25, -0.2) is 0 Å². The summed E-state index contributed by atoms with van der Waals surface area (Å²) in [5.74, 6) is -0.0431. The Morgan fingerprint density at radius 2 is 2.00 bits per heavy atom. The van der Waals surface area contributed by atoms with Crippen LogP contribution >= 0.6 is 24.0 Å². The summed E-state index contributed by atoms with van der Waals surface area (Å²) < 4.78 is 0. The predicted octanol–water partition coefficient (Wildman–Crippen LogP) is 3.74. The van der Waals surface area contributed by atoms with Crippen LogP contribution < -0.4 is 10.6 Å². The van der Waals surface area contributed by atoms with Crippen molar-refractivity contribution >= 4 is 41.3 Å². The smallest absolute Gasteiger partial charge is 0.247 e. The molecule has 1 aliphatic heterocycles. The minimum Gasteiger partial charge on any atom is -0.373 e. The maximum absolute atomic E-state index is 12.2. The Hall–Kier alpha value is -1.71. The maximum atomic E-state index is 12.2. The van der Waals surface area contributed by atoms with E-state index in [1.807, 2.05) is 36.4 Å². The second kappa shape index (κ2) is 6.16. The first-order valence-electron chi connectivity index (χ1n) is 6.13. The summed E-state index contributed by atoms with van der Waals surface area (Å²) >= 11 is 5.89. The molecule has 2 aromatic rings. The van der Waals surface area contributed by atoms with Crippen LogP contribution in [0.25, 0.3) is 0 Å². The molecule has 20 heavy (non-hydrogen) atoms. The second-order valence-electron chi connectivity index (χ2n) is 4.56. The van der Waals surface area contributed by atoms with Crippen LogP contribution in [0.1, 0.15) is 5.56 Å². The highest BCUT2D eigenvalue weighted by molar-refractivity contribution is 6.30. The average Bonchev–Trinajstić information content (AvgIpc) is 2.82. The Morgan fingerprint density at radius 3 is 2.75 bits per heavy atom. The fraction of sp³-hybridized carbons (Fsp3) is 0.133. The summed E-state index contributed by atoms with van der Waals surface area (Å²) in [5, 5.41) is 6.71. The minimum atomic E-state index is -0.226. The van der Waals surface area contributed by atoms with Crippen molar-refractivity contribution in [1.82, 2.24) is 0 Å². The third-order valence-electron chi connectivity index (χ3n) is 3.18. The van der Waals surface area contributed by atoms with E-state index in [2.05, 4.69) is 10.6 Å². The summed E-state index contributed by atoms with van der Waals surface area (Å²) in [6.45, 7) is 0. The number of halogens is 2. The number of anilines is 2. The van der Waals surface area contributed by atoms with E-state index in [9.17, 15) is 4.79 Å². The van der Waals surface area contributed by atoms with E-state index in [4.69, 9.17) is 11.6 Å². The Bertz CT molecular complexity index is 606. The first-order chi connectivity index (χ1) is 9.22. The highest BCUT2D eigenvalue weighted by Gasteiger charge is 2.26. The van der Waals surface area contributed by atoms with Crippen molar-refractivity contribution in [3.63, 3.8) is 0 Å². The number of hydrogen-bond acceptors (Lipinski definition) is 2. The van der Waals surface area contributed by atoms with Crippen molar-refractivity contribution in [2.45, 2.75) is 12.5 Å². The molecule has 0 saturated carbocycles. The molecular weight excluding hydrogens is 295 g/mol. The molecule has 0 bridgehead atoms. The summed E-state index contributed by atoms with van der Waals surface area (Å²) in [5.41, 5.74) is 2.93. The summed E-state index contributed by atoms with van der Waals surface area (Å²) in [7, 11) is 0. The predicted molar refractivity (Wildman–Crippen MR) is 84.9 cm³/mol. The van der Waals surface area contributed by atoms with Crippen molar-refractivity contribution in [2.75, 3.05) is 10.6 Å². The van der Waals surface area contributed by atoms with Crippen LogP contribution in [-0.4, -0.2) is 11.9 Å². The van der Waals surface area contributed by atoms with Gasteiger partial charge < -0.3 is 10.6 Å². The topological polar surface area (TPSA) is 41.1 Å². The highest BCUT2D eigenvalue weighted by Crippen LogP contribution is 2.26. The lowest BCUT2D eigenvalue weighted by molar-refractivity contribution is -0.116. The van der Waals surface area contributed by atoms with Crippen molar-refractivity contribution in [1.29, 1.82) is 0 Å². The molecule has 104 valence electrons. The molecule has 3 nitrogen and oxygen atoms in total. The molecule has 0 unspecified atom stereocenters. The van der Waals surface area contributed by atoms with Crippen molar-refractivity contribution in [2.24, 2.45) is 0 Å². The van der Waals surface area contributed by atoms with Gasteiger partial charge in [-0.05, 0) is 29.8 Å². The lowest BCUT2D eigenvalue weighted by Gasteiger charge is -2.12. The molecule has 1 atom stereocenters. The number of nitrogens with one attached hydrogen (secondary N) is 2. The Balaban J connectivity index is 0.00000147. The summed E-state index contributed by atoms with van der Waals surface area (Å²) in [4.78, 5) is 12.2. The SMILES string of the molecule is Cl.O=C(Nc1cccc(Cl)c1)[C@@H]1Cc2ccccc2N1. The fourth-order valence-electron chi connectivity index (χ4n) is 2.25. The standard InChI is InChI=1S/C15H13ClN2O.ClH/c16-11-5-3-6-12(9-11)17-15(19)14-8-10-4-1-2-7-13(10)18-14;/h1-7,9,14,18H,8H2,(H,17,19);1H/t14-;/m0./s1. The molecule has 2 N–H and O–H groups in total. The number of para-hydroxylation sites is 1. The molecule has 0 aliphatic carbocycles. The van der Waals surface area contributed by atoms with Gasteiger partial charge in [0, 0.05) is 22.8 Å². The average molecular weight is 309 g/mol. The van der Waals surface area contributed by atoms with Crippen LogP contribution in [0.15, 0.2) is 48.5 Å². The van der Waals surface area contributed by atoms with Crippen LogP contribution in [0.5, 0.6) is 0 Å². The Morgan fingerprint density at radius 1 is 1.20 bits per heavy atom. The normalized spacial score (nSPS) is 15.8. The Kier molecular flexibility index (Phi) is 4.53. The molecule has 3 rings (SSSR count). The van der Waals surface area contributed by atoms with Gasteiger partial charge in [0.2, 0.25) is 5.91 Å². The molecule has 5 heteroatoms. The zero-order valence-corrected chi connectivity index (χ0v) is 12.2. The number of hydrogen-bond donors (Lipinski definition) is 2. The van der Waals surface area contributed by atoms with Gasteiger partial charge in [0.1, 0.15) is 6.04 Å². The van der Waals surface area contributed by atoms with Crippen molar-refractivity contribution < 1.29 is 4.79 Å². The van der Waals surface area contributed by atoms with Gasteiger partial charge in [-0.2, -0.15) is 0 Å². The van der Waals surface area contributed by atoms with Gasteiger partial charge >= 0.3 is 0 Å². The molecule has 0 spiro atoms. The molecule has 0 radical (unpaired) electrons. The zero-order chi connectivity index (χ0) is 13.2. The monoisotopic (exact) mass is 308 g/mol. The summed E-state index contributed by atoms with van der Waals surface area (Å²) in [6, 6.07) is 14.9. The molecule has 1 heterocycles. The van der Waals surface area contributed by atoms with Crippen LogP contribution in [0.3, 0.4) is 0 Å². The third-order valence-corrected chi connectivity index (χ3v) is 3.41. The van der Waals surface area contributed by atoms with E-state index in [1.54, 1.807) is 12.1 Å². The summed E-state index contributed by atoms with van der Waals surface area (Å²) in [6.07, 6.45) is 0.711. The highest BCUT2D eigenvalue weighted by atomic mass is 35.5. The number of carbonyl (C=O) groups excluding carboxylic acids is 1. The second-order valence-corrected chi connectivity index (χ2v) is 4.99. The molecule has 2 aromatic carbocycles. The first-order valence-corrected chi connectivity index (χ1v) is 6.51. The van der Waals surface area contributed by atoms with Gasteiger partial charge in [0.05, 0.1) is 0 Å². The largest absolute Gasteiger partial charge is 0.373 e. The van der Waals surface area contributed by atoms with Crippen LogP contribution in [0.4, 0.5) is 11.4 Å².